The van der Waals surface area contributed by atoms with E-state index in [9.17, 15) is 4.79 Å². The summed E-state index contributed by atoms with van der Waals surface area (Å²) in [6.45, 7) is 8.67. The van der Waals surface area contributed by atoms with Crippen molar-refractivity contribution < 1.29 is 9.53 Å². The fourth-order valence-corrected chi connectivity index (χ4v) is 2.63. The SMILES string of the molecule is CN1CCC2(CCN2C(=O)OC(C)(C)C)C1. The largest absolute Gasteiger partial charge is 0.444 e. The number of hydrogen-bond acceptors (Lipinski definition) is 3. The van der Waals surface area contributed by atoms with E-state index in [-0.39, 0.29) is 11.6 Å². The number of hydrogen-bond donors (Lipinski definition) is 0. The van der Waals surface area contributed by atoms with Crippen LogP contribution in [-0.4, -0.2) is 53.7 Å². The molecule has 0 bridgehead atoms. The van der Waals surface area contributed by atoms with Crippen LogP contribution in [0.2, 0.25) is 0 Å². The minimum atomic E-state index is -0.391. The molecule has 1 amide bonds. The lowest BCUT2D eigenvalue weighted by Gasteiger charge is -2.50. The molecule has 16 heavy (non-hydrogen) atoms. The number of likely N-dealkylation sites (tertiary alicyclic amines) is 2. The minimum absolute atomic E-state index is 0.0804. The van der Waals surface area contributed by atoms with E-state index in [1.807, 2.05) is 25.7 Å². The zero-order valence-corrected chi connectivity index (χ0v) is 10.7. The van der Waals surface area contributed by atoms with Crippen LogP contribution in [0.25, 0.3) is 0 Å². The summed E-state index contributed by atoms with van der Waals surface area (Å²) in [5, 5.41) is 0. The van der Waals surface area contributed by atoms with Gasteiger partial charge in [-0.15, -0.1) is 0 Å². The summed E-state index contributed by atoms with van der Waals surface area (Å²) in [7, 11) is 2.11. The highest BCUT2D eigenvalue weighted by Crippen LogP contribution is 2.39. The van der Waals surface area contributed by atoms with Gasteiger partial charge in [0.05, 0.1) is 5.54 Å². The average molecular weight is 226 g/mol. The zero-order chi connectivity index (χ0) is 12.0. The van der Waals surface area contributed by atoms with Crippen molar-refractivity contribution in [2.45, 2.75) is 44.8 Å². The summed E-state index contributed by atoms with van der Waals surface area (Å²) in [6, 6.07) is 0. The Balaban J connectivity index is 1.98. The van der Waals surface area contributed by atoms with Crippen molar-refractivity contribution in [3.05, 3.63) is 0 Å². The fourth-order valence-electron chi connectivity index (χ4n) is 2.63. The van der Waals surface area contributed by atoms with Crippen LogP contribution in [0.4, 0.5) is 4.79 Å². The van der Waals surface area contributed by atoms with Gasteiger partial charge in [0.25, 0.3) is 0 Å². The van der Waals surface area contributed by atoms with Crippen LogP contribution in [0.5, 0.6) is 0 Å². The first-order chi connectivity index (χ1) is 7.32. The molecular weight excluding hydrogens is 204 g/mol. The van der Waals surface area contributed by atoms with E-state index in [2.05, 4.69) is 11.9 Å². The summed E-state index contributed by atoms with van der Waals surface area (Å²) >= 11 is 0. The topological polar surface area (TPSA) is 32.8 Å². The van der Waals surface area contributed by atoms with E-state index in [1.54, 1.807) is 0 Å². The predicted octanol–water partition coefficient (Wildman–Crippen LogP) is 1.70. The summed E-state index contributed by atoms with van der Waals surface area (Å²) in [6.07, 6.45) is 2.06. The van der Waals surface area contributed by atoms with Crippen molar-refractivity contribution in [3.8, 4) is 0 Å². The molecule has 2 saturated heterocycles. The lowest BCUT2D eigenvalue weighted by molar-refractivity contribution is -0.0397. The van der Waals surface area contributed by atoms with Crippen molar-refractivity contribution in [2.75, 3.05) is 26.7 Å². The third kappa shape index (κ3) is 2.03. The van der Waals surface area contributed by atoms with Gasteiger partial charge in [-0.2, -0.15) is 0 Å². The predicted molar refractivity (Wildman–Crippen MR) is 62.4 cm³/mol. The lowest BCUT2D eigenvalue weighted by atomic mass is 9.84. The van der Waals surface area contributed by atoms with Gasteiger partial charge >= 0.3 is 6.09 Å². The van der Waals surface area contributed by atoms with Gasteiger partial charge in [-0.05, 0) is 40.7 Å². The molecule has 0 aromatic rings. The Morgan fingerprint density at radius 3 is 2.25 bits per heavy atom. The van der Waals surface area contributed by atoms with Crippen LogP contribution in [0.15, 0.2) is 0 Å². The summed E-state index contributed by atoms with van der Waals surface area (Å²) < 4.78 is 5.43. The van der Waals surface area contributed by atoms with Gasteiger partial charge in [0.2, 0.25) is 0 Å². The highest BCUT2D eigenvalue weighted by Gasteiger charge is 2.51. The Hall–Kier alpha value is -0.770. The molecule has 0 saturated carbocycles. The van der Waals surface area contributed by atoms with E-state index >= 15 is 0 Å². The molecule has 92 valence electrons. The van der Waals surface area contributed by atoms with Crippen LogP contribution < -0.4 is 0 Å². The first-order valence-corrected chi connectivity index (χ1v) is 6.02. The maximum absolute atomic E-state index is 12.0. The van der Waals surface area contributed by atoms with Gasteiger partial charge in [0.15, 0.2) is 0 Å². The Morgan fingerprint density at radius 2 is 1.88 bits per heavy atom. The first-order valence-electron chi connectivity index (χ1n) is 6.02. The molecule has 4 heteroatoms. The van der Waals surface area contributed by atoms with Gasteiger partial charge in [0.1, 0.15) is 5.60 Å². The molecule has 1 atom stereocenters. The Labute approximate surface area is 97.5 Å². The van der Waals surface area contributed by atoms with Crippen molar-refractivity contribution in [1.29, 1.82) is 0 Å². The zero-order valence-electron chi connectivity index (χ0n) is 10.7. The standard InChI is InChI=1S/C12H22N2O2/c1-11(2,3)16-10(15)14-8-6-12(14)5-7-13(4)9-12/h5-9H2,1-4H3. The molecule has 2 heterocycles. The molecule has 2 rings (SSSR count). The molecular formula is C12H22N2O2. The number of rotatable bonds is 0. The number of carbonyl (C=O) groups is 1. The van der Waals surface area contributed by atoms with Gasteiger partial charge in [-0.3, -0.25) is 0 Å². The maximum Gasteiger partial charge on any atom is 0.410 e. The summed E-state index contributed by atoms with van der Waals surface area (Å²) in [5.41, 5.74) is -0.310. The summed E-state index contributed by atoms with van der Waals surface area (Å²) in [5.74, 6) is 0. The molecule has 0 aliphatic carbocycles. The fraction of sp³-hybridized carbons (Fsp3) is 0.917. The molecule has 0 N–H and O–H groups in total. The first kappa shape index (κ1) is 11.7. The molecule has 2 fully saturated rings. The van der Waals surface area contributed by atoms with Gasteiger partial charge in [0, 0.05) is 19.6 Å². The molecule has 1 unspecified atom stereocenters. The number of likely N-dealkylation sites (N-methyl/N-ethyl adjacent to an activating group) is 1. The maximum atomic E-state index is 12.0. The third-order valence-corrected chi connectivity index (χ3v) is 3.51. The Kier molecular flexibility index (Phi) is 2.65. The molecule has 0 radical (unpaired) electrons. The number of amides is 1. The monoisotopic (exact) mass is 226 g/mol. The quantitative estimate of drug-likeness (QED) is 0.630. The molecule has 2 aliphatic rings. The molecule has 2 aliphatic heterocycles. The molecule has 1 spiro atoms. The average Bonchev–Trinajstić information content (AvgIpc) is 2.44. The second-order valence-corrected chi connectivity index (χ2v) is 6.09. The van der Waals surface area contributed by atoms with Crippen molar-refractivity contribution >= 4 is 6.09 Å². The number of nitrogens with zero attached hydrogens (tertiary/aromatic N) is 2. The van der Waals surface area contributed by atoms with Gasteiger partial charge in [-0.25, -0.2) is 4.79 Å². The van der Waals surface area contributed by atoms with Crippen LogP contribution in [0.3, 0.4) is 0 Å². The van der Waals surface area contributed by atoms with Crippen molar-refractivity contribution in [3.63, 3.8) is 0 Å². The molecule has 0 aromatic carbocycles. The van der Waals surface area contributed by atoms with Crippen molar-refractivity contribution in [2.24, 2.45) is 0 Å². The number of carbonyl (C=O) groups excluding carboxylic acids is 1. The summed E-state index contributed by atoms with van der Waals surface area (Å²) in [4.78, 5) is 16.2. The minimum Gasteiger partial charge on any atom is -0.444 e. The molecule has 0 aromatic heterocycles. The second-order valence-electron chi connectivity index (χ2n) is 6.09. The van der Waals surface area contributed by atoms with E-state index in [0.29, 0.717) is 0 Å². The van der Waals surface area contributed by atoms with Crippen LogP contribution in [0, 0.1) is 0 Å². The lowest BCUT2D eigenvalue weighted by Crippen LogP contribution is -2.63. The number of ether oxygens (including phenoxy) is 1. The van der Waals surface area contributed by atoms with E-state index in [4.69, 9.17) is 4.74 Å². The van der Waals surface area contributed by atoms with Crippen LogP contribution in [-0.2, 0) is 4.74 Å². The second kappa shape index (κ2) is 3.62. The Morgan fingerprint density at radius 1 is 1.25 bits per heavy atom. The van der Waals surface area contributed by atoms with Gasteiger partial charge in [-0.1, -0.05) is 0 Å². The smallest absolute Gasteiger partial charge is 0.410 e. The highest BCUT2D eigenvalue weighted by atomic mass is 16.6. The normalized spacial score (nSPS) is 30.6. The third-order valence-electron chi connectivity index (χ3n) is 3.51. The van der Waals surface area contributed by atoms with Crippen LogP contribution >= 0.6 is 0 Å². The van der Waals surface area contributed by atoms with E-state index < -0.39 is 5.60 Å². The van der Waals surface area contributed by atoms with E-state index in [0.717, 1.165) is 32.5 Å². The van der Waals surface area contributed by atoms with Gasteiger partial charge < -0.3 is 14.5 Å². The van der Waals surface area contributed by atoms with Crippen molar-refractivity contribution in [1.82, 2.24) is 9.80 Å². The highest BCUT2D eigenvalue weighted by molar-refractivity contribution is 5.70. The Bertz CT molecular complexity index is 298. The van der Waals surface area contributed by atoms with E-state index in [1.165, 1.54) is 0 Å². The molecule has 4 nitrogen and oxygen atoms in total. The van der Waals surface area contributed by atoms with Crippen LogP contribution in [0.1, 0.15) is 33.6 Å².